The molecule has 106 valence electrons. The standard InChI is InChI=1S/C15H22ClNO2/c1-9(2)12(5)17-14(18)8-19-13-6-10(3)15(16)11(4)7-13/h6-7,9,12H,8H2,1-5H3,(H,17,18)/t12-/m1/s1. The van der Waals surface area contributed by atoms with Gasteiger partial charge in [0.1, 0.15) is 5.75 Å². The molecule has 0 saturated carbocycles. The van der Waals surface area contributed by atoms with Gasteiger partial charge in [-0.15, -0.1) is 0 Å². The van der Waals surface area contributed by atoms with E-state index in [9.17, 15) is 4.79 Å². The van der Waals surface area contributed by atoms with Crippen LogP contribution < -0.4 is 10.1 Å². The second-order valence-electron chi connectivity index (χ2n) is 5.26. The minimum atomic E-state index is -0.105. The van der Waals surface area contributed by atoms with Crippen LogP contribution in [0.3, 0.4) is 0 Å². The van der Waals surface area contributed by atoms with Crippen molar-refractivity contribution >= 4 is 17.5 Å². The maximum Gasteiger partial charge on any atom is 0.258 e. The first-order chi connectivity index (χ1) is 8.81. The van der Waals surface area contributed by atoms with Crippen LogP contribution in [0.4, 0.5) is 0 Å². The van der Waals surface area contributed by atoms with Crippen LogP contribution in [0.25, 0.3) is 0 Å². The lowest BCUT2D eigenvalue weighted by molar-refractivity contribution is -0.124. The summed E-state index contributed by atoms with van der Waals surface area (Å²) in [6.45, 7) is 9.98. The number of ether oxygens (including phenoxy) is 1. The van der Waals surface area contributed by atoms with Crippen LogP contribution in [0, 0.1) is 19.8 Å². The van der Waals surface area contributed by atoms with E-state index in [2.05, 4.69) is 19.2 Å². The van der Waals surface area contributed by atoms with E-state index in [1.807, 2.05) is 32.9 Å². The maximum atomic E-state index is 11.7. The first kappa shape index (κ1) is 15.8. The Morgan fingerprint density at radius 1 is 1.26 bits per heavy atom. The summed E-state index contributed by atoms with van der Waals surface area (Å²) in [5.74, 6) is 0.974. The fraction of sp³-hybridized carbons (Fsp3) is 0.533. The third-order valence-electron chi connectivity index (χ3n) is 3.17. The van der Waals surface area contributed by atoms with Crippen molar-refractivity contribution in [2.45, 2.75) is 40.7 Å². The van der Waals surface area contributed by atoms with Gasteiger partial charge in [-0.2, -0.15) is 0 Å². The number of carbonyl (C=O) groups excluding carboxylic acids is 1. The Bertz CT molecular complexity index is 434. The molecule has 0 aliphatic heterocycles. The Labute approximate surface area is 120 Å². The molecule has 3 nitrogen and oxygen atoms in total. The zero-order valence-corrected chi connectivity index (χ0v) is 13.0. The summed E-state index contributed by atoms with van der Waals surface area (Å²) in [5, 5.41) is 3.64. The minimum absolute atomic E-state index is 0.0254. The molecule has 0 heterocycles. The summed E-state index contributed by atoms with van der Waals surface area (Å²) >= 11 is 6.08. The van der Waals surface area contributed by atoms with Gasteiger partial charge < -0.3 is 10.1 Å². The summed E-state index contributed by atoms with van der Waals surface area (Å²) in [7, 11) is 0. The van der Waals surface area contributed by atoms with Gasteiger partial charge in [-0.1, -0.05) is 25.4 Å². The fourth-order valence-corrected chi connectivity index (χ4v) is 1.71. The van der Waals surface area contributed by atoms with Crippen LogP contribution >= 0.6 is 11.6 Å². The molecule has 0 saturated heterocycles. The summed E-state index contributed by atoms with van der Waals surface area (Å²) in [5.41, 5.74) is 1.90. The fourth-order valence-electron chi connectivity index (χ4n) is 1.60. The minimum Gasteiger partial charge on any atom is -0.484 e. The topological polar surface area (TPSA) is 38.3 Å². The molecule has 1 amide bonds. The average molecular weight is 284 g/mol. The Morgan fingerprint density at radius 3 is 2.26 bits per heavy atom. The molecule has 0 aliphatic rings. The van der Waals surface area contributed by atoms with Crippen LogP contribution in [-0.2, 0) is 4.79 Å². The molecule has 0 bridgehead atoms. The smallest absolute Gasteiger partial charge is 0.258 e. The Hall–Kier alpha value is -1.22. The predicted octanol–water partition coefficient (Wildman–Crippen LogP) is 3.50. The first-order valence-electron chi connectivity index (χ1n) is 6.50. The number of halogens is 1. The lowest BCUT2D eigenvalue weighted by Gasteiger charge is -2.17. The van der Waals surface area contributed by atoms with Gasteiger partial charge in [0.15, 0.2) is 6.61 Å². The van der Waals surface area contributed by atoms with E-state index in [-0.39, 0.29) is 18.6 Å². The van der Waals surface area contributed by atoms with Crippen LogP contribution in [0.5, 0.6) is 5.75 Å². The third kappa shape index (κ3) is 4.75. The van der Waals surface area contributed by atoms with Crippen LogP contribution in [0.15, 0.2) is 12.1 Å². The molecule has 0 radical (unpaired) electrons. The van der Waals surface area contributed by atoms with E-state index in [1.54, 1.807) is 0 Å². The monoisotopic (exact) mass is 283 g/mol. The van der Waals surface area contributed by atoms with Crippen molar-refractivity contribution in [3.63, 3.8) is 0 Å². The van der Waals surface area contributed by atoms with E-state index in [1.165, 1.54) is 0 Å². The number of aryl methyl sites for hydroxylation is 2. The van der Waals surface area contributed by atoms with E-state index >= 15 is 0 Å². The molecule has 1 atom stereocenters. The van der Waals surface area contributed by atoms with Gasteiger partial charge in [0.2, 0.25) is 0 Å². The normalized spacial score (nSPS) is 12.4. The van der Waals surface area contributed by atoms with Crippen molar-refractivity contribution in [1.29, 1.82) is 0 Å². The van der Waals surface area contributed by atoms with Gasteiger partial charge in [0.25, 0.3) is 5.91 Å². The van der Waals surface area contributed by atoms with Crippen LogP contribution in [-0.4, -0.2) is 18.6 Å². The number of rotatable bonds is 5. The summed E-state index contributed by atoms with van der Waals surface area (Å²) in [4.78, 5) is 11.7. The van der Waals surface area contributed by atoms with Crippen molar-refractivity contribution in [2.24, 2.45) is 5.92 Å². The van der Waals surface area contributed by atoms with Crippen LogP contribution in [0.2, 0.25) is 5.02 Å². The zero-order chi connectivity index (χ0) is 14.6. The molecule has 0 spiro atoms. The summed E-state index contributed by atoms with van der Waals surface area (Å²) in [6.07, 6.45) is 0. The van der Waals surface area contributed by atoms with Crippen molar-refractivity contribution in [2.75, 3.05) is 6.61 Å². The summed E-state index contributed by atoms with van der Waals surface area (Å²) in [6, 6.07) is 3.83. The highest BCUT2D eigenvalue weighted by Gasteiger charge is 2.11. The molecule has 19 heavy (non-hydrogen) atoms. The molecule has 1 aromatic rings. The molecule has 4 heteroatoms. The molecule has 0 unspecified atom stereocenters. The highest BCUT2D eigenvalue weighted by Crippen LogP contribution is 2.25. The third-order valence-corrected chi connectivity index (χ3v) is 3.76. The van der Waals surface area contributed by atoms with Crippen molar-refractivity contribution in [3.8, 4) is 5.75 Å². The van der Waals surface area contributed by atoms with Gasteiger partial charge in [-0.3, -0.25) is 4.79 Å². The first-order valence-corrected chi connectivity index (χ1v) is 6.88. The average Bonchev–Trinajstić information content (AvgIpc) is 2.33. The lowest BCUT2D eigenvalue weighted by Crippen LogP contribution is -2.38. The number of nitrogens with one attached hydrogen (secondary N) is 1. The van der Waals surface area contributed by atoms with Crippen molar-refractivity contribution in [3.05, 3.63) is 28.3 Å². The van der Waals surface area contributed by atoms with Gasteiger partial charge >= 0.3 is 0 Å². The molecule has 0 fully saturated rings. The van der Waals surface area contributed by atoms with E-state index in [0.717, 1.165) is 16.1 Å². The number of hydrogen-bond donors (Lipinski definition) is 1. The quantitative estimate of drug-likeness (QED) is 0.898. The van der Waals surface area contributed by atoms with Crippen molar-refractivity contribution < 1.29 is 9.53 Å². The number of carbonyl (C=O) groups is 1. The SMILES string of the molecule is Cc1cc(OCC(=O)N[C@H](C)C(C)C)cc(C)c1Cl. The Kier molecular flexibility index (Phi) is 5.67. The largest absolute Gasteiger partial charge is 0.484 e. The van der Waals surface area contributed by atoms with Crippen molar-refractivity contribution in [1.82, 2.24) is 5.32 Å². The molecular formula is C15H22ClNO2. The molecular weight excluding hydrogens is 262 g/mol. The van der Waals surface area contributed by atoms with Gasteiger partial charge in [0, 0.05) is 11.1 Å². The zero-order valence-electron chi connectivity index (χ0n) is 12.2. The number of hydrogen-bond acceptors (Lipinski definition) is 2. The Morgan fingerprint density at radius 2 is 1.79 bits per heavy atom. The van der Waals surface area contributed by atoms with E-state index in [0.29, 0.717) is 11.7 Å². The second kappa shape index (κ2) is 6.80. The molecule has 1 aromatic carbocycles. The summed E-state index contributed by atoms with van der Waals surface area (Å²) < 4.78 is 5.49. The van der Waals surface area contributed by atoms with Gasteiger partial charge in [-0.05, 0) is 49.9 Å². The van der Waals surface area contributed by atoms with Crippen LogP contribution in [0.1, 0.15) is 31.9 Å². The highest BCUT2D eigenvalue weighted by molar-refractivity contribution is 6.32. The number of benzene rings is 1. The van der Waals surface area contributed by atoms with E-state index in [4.69, 9.17) is 16.3 Å². The predicted molar refractivity (Wildman–Crippen MR) is 78.9 cm³/mol. The second-order valence-corrected chi connectivity index (χ2v) is 5.64. The molecule has 1 rings (SSSR count). The molecule has 1 N–H and O–H groups in total. The molecule has 0 aromatic heterocycles. The molecule has 0 aliphatic carbocycles. The number of amides is 1. The maximum absolute atomic E-state index is 11.7. The van der Waals surface area contributed by atoms with E-state index < -0.39 is 0 Å². The Balaban J connectivity index is 2.55. The lowest BCUT2D eigenvalue weighted by atomic mass is 10.1. The van der Waals surface area contributed by atoms with Gasteiger partial charge in [0.05, 0.1) is 0 Å². The van der Waals surface area contributed by atoms with Gasteiger partial charge in [-0.25, -0.2) is 0 Å². The highest BCUT2D eigenvalue weighted by atomic mass is 35.5.